The minimum Gasteiger partial charge on any atom is -0.378 e. The molecule has 3 aromatic carbocycles. The van der Waals surface area contributed by atoms with Crippen molar-refractivity contribution >= 4 is 28.8 Å². The fourth-order valence-electron chi connectivity index (χ4n) is 3.87. The molecule has 0 atom stereocenters. The molecule has 2 N–H and O–H groups in total. The second kappa shape index (κ2) is 10.3. The largest absolute Gasteiger partial charge is 0.378 e. The van der Waals surface area contributed by atoms with Crippen molar-refractivity contribution in [2.45, 2.75) is 0 Å². The predicted molar refractivity (Wildman–Crippen MR) is 135 cm³/mol. The maximum Gasteiger partial charge on any atom is 0.255 e. The van der Waals surface area contributed by atoms with Gasteiger partial charge in [-0.25, -0.2) is 14.4 Å². The van der Waals surface area contributed by atoms with Crippen molar-refractivity contribution in [3.05, 3.63) is 96.6 Å². The first-order valence-corrected chi connectivity index (χ1v) is 11.3. The van der Waals surface area contributed by atoms with E-state index in [0.29, 0.717) is 22.8 Å². The number of hydrogen-bond donors (Lipinski definition) is 2. The van der Waals surface area contributed by atoms with Crippen molar-refractivity contribution in [2.75, 3.05) is 41.8 Å². The van der Waals surface area contributed by atoms with Crippen LogP contribution in [0.2, 0.25) is 0 Å². The van der Waals surface area contributed by atoms with Crippen molar-refractivity contribution in [3.8, 4) is 11.3 Å². The zero-order chi connectivity index (χ0) is 24.0. The Labute approximate surface area is 202 Å². The Bertz CT molecular complexity index is 1310. The third-order valence-electron chi connectivity index (χ3n) is 5.71. The predicted octanol–water partition coefficient (Wildman–Crippen LogP) is 5.12. The van der Waals surface area contributed by atoms with Gasteiger partial charge in [-0.1, -0.05) is 6.07 Å². The molecule has 1 saturated heterocycles. The van der Waals surface area contributed by atoms with Gasteiger partial charge >= 0.3 is 0 Å². The van der Waals surface area contributed by atoms with Crippen molar-refractivity contribution in [1.82, 2.24) is 9.97 Å². The number of anilines is 4. The molecule has 8 heteroatoms. The summed E-state index contributed by atoms with van der Waals surface area (Å²) in [4.78, 5) is 23.6. The number of rotatable bonds is 6. The first kappa shape index (κ1) is 22.5. The molecule has 4 aromatic rings. The van der Waals surface area contributed by atoms with Gasteiger partial charge in [0.2, 0.25) is 0 Å². The SMILES string of the molecule is O=C(Nc1ccc(N2CCOCC2)cc1)c1cccc(Nc2cc(-c3ccc(F)cc3)ncn2)c1. The van der Waals surface area contributed by atoms with Gasteiger partial charge in [0.25, 0.3) is 5.91 Å². The van der Waals surface area contributed by atoms with Gasteiger partial charge in [-0.3, -0.25) is 4.79 Å². The fourth-order valence-corrected chi connectivity index (χ4v) is 3.87. The van der Waals surface area contributed by atoms with Gasteiger partial charge in [-0.05, 0) is 66.7 Å². The second-order valence-corrected chi connectivity index (χ2v) is 8.10. The quantitative estimate of drug-likeness (QED) is 0.408. The number of halogens is 1. The highest BCUT2D eigenvalue weighted by Crippen LogP contribution is 2.23. The molecule has 0 bridgehead atoms. The molecule has 1 aliphatic heterocycles. The van der Waals surface area contributed by atoms with E-state index < -0.39 is 0 Å². The molecule has 35 heavy (non-hydrogen) atoms. The topological polar surface area (TPSA) is 79.4 Å². The lowest BCUT2D eigenvalue weighted by Gasteiger charge is -2.28. The Morgan fingerprint density at radius 3 is 2.43 bits per heavy atom. The Morgan fingerprint density at radius 2 is 1.66 bits per heavy atom. The summed E-state index contributed by atoms with van der Waals surface area (Å²) in [5.74, 6) is 0.0577. The summed E-state index contributed by atoms with van der Waals surface area (Å²) in [5.41, 5.74) is 4.51. The minimum absolute atomic E-state index is 0.206. The number of carbonyl (C=O) groups is 1. The maximum absolute atomic E-state index is 13.2. The summed E-state index contributed by atoms with van der Waals surface area (Å²) < 4.78 is 18.6. The van der Waals surface area contributed by atoms with Crippen molar-refractivity contribution in [3.63, 3.8) is 0 Å². The number of hydrogen-bond acceptors (Lipinski definition) is 6. The average Bonchev–Trinajstić information content (AvgIpc) is 2.90. The molecule has 1 fully saturated rings. The fraction of sp³-hybridized carbons (Fsp3) is 0.148. The number of morpholine rings is 1. The summed E-state index contributed by atoms with van der Waals surface area (Å²) in [7, 11) is 0. The summed E-state index contributed by atoms with van der Waals surface area (Å²) >= 11 is 0. The molecular weight excluding hydrogens is 445 g/mol. The van der Waals surface area contributed by atoms with E-state index in [1.165, 1.54) is 18.5 Å². The second-order valence-electron chi connectivity index (χ2n) is 8.10. The van der Waals surface area contributed by atoms with E-state index in [4.69, 9.17) is 4.74 Å². The van der Waals surface area contributed by atoms with E-state index in [9.17, 15) is 9.18 Å². The normalized spacial score (nSPS) is 13.3. The zero-order valence-electron chi connectivity index (χ0n) is 18.9. The van der Waals surface area contributed by atoms with Crippen LogP contribution in [0.1, 0.15) is 10.4 Å². The summed E-state index contributed by atoms with van der Waals surface area (Å²) in [6.45, 7) is 3.18. The smallest absolute Gasteiger partial charge is 0.255 e. The van der Waals surface area contributed by atoms with Crippen LogP contribution >= 0.6 is 0 Å². The number of nitrogens with one attached hydrogen (secondary N) is 2. The number of benzene rings is 3. The monoisotopic (exact) mass is 469 g/mol. The van der Waals surface area contributed by atoms with E-state index in [1.54, 1.807) is 36.4 Å². The highest BCUT2D eigenvalue weighted by molar-refractivity contribution is 6.05. The summed E-state index contributed by atoms with van der Waals surface area (Å²) in [6.07, 6.45) is 1.44. The number of amides is 1. The molecule has 176 valence electrons. The van der Waals surface area contributed by atoms with E-state index in [-0.39, 0.29) is 11.7 Å². The van der Waals surface area contributed by atoms with Crippen LogP contribution in [0.15, 0.2) is 85.2 Å². The van der Waals surface area contributed by atoms with Crippen LogP contribution in [-0.4, -0.2) is 42.2 Å². The Hall–Kier alpha value is -4.30. The van der Waals surface area contributed by atoms with Gasteiger partial charge in [0.05, 0.1) is 18.9 Å². The molecule has 0 aliphatic carbocycles. The third kappa shape index (κ3) is 5.62. The van der Waals surface area contributed by atoms with Crippen LogP contribution < -0.4 is 15.5 Å². The van der Waals surface area contributed by atoms with Crippen LogP contribution in [-0.2, 0) is 4.74 Å². The highest BCUT2D eigenvalue weighted by atomic mass is 19.1. The number of carbonyl (C=O) groups excluding carboxylic acids is 1. The molecule has 0 radical (unpaired) electrons. The van der Waals surface area contributed by atoms with E-state index in [1.807, 2.05) is 30.3 Å². The molecule has 0 saturated carbocycles. The lowest BCUT2D eigenvalue weighted by atomic mass is 10.1. The zero-order valence-corrected chi connectivity index (χ0v) is 18.9. The molecule has 1 amide bonds. The number of nitrogens with zero attached hydrogens (tertiary/aromatic N) is 3. The van der Waals surface area contributed by atoms with Crippen molar-refractivity contribution < 1.29 is 13.9 Å². The van der Waals surface area contributed by atoms with E-state index >= 15 is 0 Å². The van der Waals surface area contributed by atoms with E-state index in [0.717, 1.165) is 43.2 Å². The van der Waals surface area contributed by atoms with Gasteiger partial charge in [0.1, 0.15) is 18.0 Å². The van der Waals surface area contributed by atoms with Crippen LogP contribution in [0.5, 0.6) is 0 Å². The van der Waals surface area contributed by atoms with E-state index in [2.05, 4.69) is 25.5 Å². The van der Waals surface area contributed by atoms with Gasteiger partial charge in [-0.2, -0.15) is 0 Å². The minimum atomic E-state index is -0.302. The molecule has 0 unspecified atom stereocenters. The van der Waals surface area contributed by atoms with Crippen molar-refractivity contribution in [1.29, 1.82) is 0 Å². The maximum atomic E-state index is 13.2. The van der Waals surface area contributed by atoms with Gasteiger partial charge in [-0.15, -0.1) is 0 Å². The molecule has 0 spiro atoms. The molecule has 2 heterocycles. The van der Waals surface area contributed by atoms with Crippen molar-refractivity contribution in [2.24, 2.45) is 0 Å². The molecular formula is C27H24FN5O2. The Kier molecular flexibility index (Phi) is 6.63. The van der Waals surface area contributed by atoms with Crippen LogP contribution in [0.25, 0.3) is 11.3 Å². The number of ether oxygens (including phenoxy) is 1. The lowest BCUT2D eigenvalue weighted by Crippen LogP contribution is -2.36. The third-order valence-corrected chi connectivity index (χ3v) is 5.71. The molecule has 1 aromatic heterocycles. The van der Waals surface area contributed by atoms with Gasteiger partial charge in [0, 0.05) is 47.3 Å². The lowest BCUT2D eigenvalue weighted by molar-refractivity contribution is 0.102. The Morgan fingerprint density at radius 1 is 0.886 bits per heavy atom. The standard InChI is InChI=1S/C27H24FN5O2/c28-21-6-4-19(5-7-21)25-17-26(30-18-29-25)31-23-3-1-2-20(16-23)27(34)32-22-8-10-24(11-9-22)33-12-14-35-15-13-33/h1-11,16-18H,12-15H2,(H,32,34)(H,29,30,31). The molecule has 1 aliphatic rings. The first-order chi connectivity index (χ1) is 17.1. The first-order valence-electron chi connectivity index (χ1n) is 11.3. The number of aromatic nitrogens is 2. The van der Waals surface area contributed by atoms with Gasteiger partial charge < -0.3 is 20.3 Å². The Balaban J connectivity index is 1.25. The average molecular weight is 470 g/mol. The summed E-state index contributed by atoms with van der Waals surface area (Å²) in [5, 5.41) is 6.16. The van der Waals surface area contributed by atoms with Gasteiger partial charge in [0.15, 0.2) is 0 Å². The van der Waals surface area contributed by atoms with Crippen LogP contribution in [0.3, 0.4) is 0 Å². The van der Waals surface area contributed by atoms with Crippen LogP contribution in [0, 0.1) is 5.82 Å². The highest BCUT2D eigenvalue weighted by Gasteiger charge is 2.12. The molecule has 5 rings (SSSR count). The van der Waals surface area contributed by atoms with Crippen LogP contribution in [0.4, 0.5) is 27.3 Å². The molecule has 7 nitrogen and oxygen atoms in total. The summed E-state index contributed by atoms with van der Waals surface area (Å²) in [6, 6.07) is 22.9.